The predicted molar refractivity (Wildman–Crippen MR) is 86.2 cm³/mol. The summed E-state index contributed by atoms with van der Waals surface area (Å²) >= 11 is 0. The van der Waals surface area contributed by atoms with Gasteiger partial charge in [0.2, 0.25) is 5.91 Å². The zero-order valence-electron chi connectivity index (χ0n) is 14.4. The molecule has 1 amide bonds. The number of aliphatic hydroxyl groups is 1. The van der Waals surface area contributed by atoms with Gasteiger partial charge in [0.15, 0.2) is 0 Å². The highest BCUT2D eigenvalue weighted by atomic mass is 16.3. The van der Waals surface area contributed by atoms with Crippen LogP contribution in [0.15, 0.2) is 0 Å². The molecule has 1 fully saturated rings. The SMILES string of the molecule is CN(C)CC(O)CNC1CCN(C(=O)CC(C)(C)C)CC1. The monoisotopic (exact) mass is 299 g/mol. The maximum Gasteiger partial charge on any atom is 0.223 e. The number of aliphatic hydroxyl groups excluding tert-OH is 1. The summed E-state index contributed by atoms with van der Waals surface area (Å²) in [7, 11) is 3.92. The van der Waals surface area contributed by atoms with E-state index in [1.165, 1.54) is 0 Å². The second-order valence-corrected chi connectivity index (χ2v) is 7.72. The van der Waals surface area contributed by atoms with E-state index in [0.717, 1.165) is 25.9 Å². The first-order valence-corrected chi connectivity index (χ1v) is 8.01. The maximum absolute atomic E-state index is 12.2. The topological polar surface area (TPSA) is 55.8 Å². The minimum absolute atomic E-state index is 0.0580. The molecule has 1 aliphatic heterocycles. The molecule has 1 heterocycles. The molecule has 0 aromatic heterocycles. The third kappa shape index (κ3) is 7.79. The van der Waals surface area contributed by atoms with Crippen LogP contribution in [0.3, 0.4) is 0 Å². The minimum Gasteiger partial charge on any atom is -0.390 e. The Labute approximate surface area is 129 Å². The molecule has 0 aromatic carbocycles. The van der Waals surface area contributed by atoms with Gasteiger partial charge in [0.25, 0.3) is 0 Å². The summed E-state index contributed by atoms with van der Waals surface area (Å²) < 4.78 is 0. The third-order valence-corrected chi connectivity index (χ3v) is 3.75. The Hall–Kier alpha value is -0.650. The van der Waals surface area contributed by atoms with Crippen molar-refractivity contribution in [2.45, 2.75) is 52.2 Å². The van der Waals surface area contributed by atoms with Crippen LogP contribution in [0.25, 0.3) is 0 Å². The van der Waals surface area contributed by atoms with E-state index in [1.54, 1.807) is 0 Å². The number of piperidine rings is 1. The van der Waals surface area contributed by atoms with Crippen molar-refractivity contribution >= 4 is 5.91 Å². The molecule has 1 rings (SSSR count). The number of likely N-dealkylation sites (N-methyl/N-ethyl adjacent to an activating group) is 1. The lowest BCUT2D eigenvalue weighted by atomic mass is 9.91. The Balaban J connectivity index is 2.24. The van der Waals surface area contributed by atoms with Crippen molar-refractivity contribution in [3.05, 3.63) is 0 Å². The summed E-state index contributed by atoms with van der Waals surface area (Å²) in [5, 5.41) is 13.3. The molecule has 5 nitrogen and oxygen atoms in total. The van der Waals surface area contributed by atoms with E-state index in [4.69, 9.17) is 0 Å². The van der Waals surface area contributed by atoms with Gasteiger partial charge in [-0.1, -0.05) is 20.8 Å². The fourth-order valence-corrected chi connectivity index (χ4v) is 2.69. The molecule has 1 saturated heterocycles. The molecule has 0 spiro atoms. The van der Waals surface area contributed by atoms with Gasteiger partial charge in [0.1, 0.15) is 0 Å². The van der Waals surface area contributed by atoms with Gasteiger partial charge in [-0.15, -0.1) is 0 Å². The van der Waals surface area contributed by atoms with Gasteiger partial charge < -0.3 is 20.2 Å². The van der Waals surface area contributed by atoms with Gasteiger partial charge in [-0.25, -0.2) is 0 Å². The second kappa shape index (κ2) is 8.11. The largest absolute Gasteiger partial charge is 0.390 e. The molecule has 0 radical (unpaired) electrons. The molecule has 1 aliphatic rings. The van der Waals surface area contributed by atoms with E-state index in [1.807, 2.05) is 23.9 Å². The standard InChI is InChI=1S/C16H33N3O2/c1-16(2,3)10-15(21)19-8-6-13(7-9-19)17-11-14(20)12-18(4)5/h13-14,17,20H,6-12H2,1-5H3. The van der Waals surface area contributed by atoms with Crippen LogP contribution in [-0.4, -0.2) is 73.2 Å². The smallest absolute Gasteiger partial charge is 0.223 e. The third-order valence-electron chi connectivity index (χ3n) is 3.75. The van der Waals surface area contributed by atoms with E-state index in [0.29, 0.717) is 25.6 Å². The van der Waals surface area contributed by atoms with E-state index in [2.05, 4.69) is 26.1 Å². The predicted octanol–water partition coefficient (Wildman–Crippen LogP) is 0.926. The summed E-state index contributed by atoms with van der Waals surface area (Å²) in [5.41, 5.74) is 0.0580. The van der Waals surface area contributed by atoms with Crippen molar-refractivity contribution in [3.63, 3.8) is 0 Å². The van der Waals surface area contributed by atoms with Gasteiger partial charge in [-0.2, -0.15) is 0 Å². The number of nitrogens with one attached hydrogen (secondary N) is 1. The normalized spacial score (nSPS) is 19.1. The molecule has 21 heavy (non-hydrogen) atoms. The molecule has 5 heteroatoms. The Bertz CT molecular complexity index is 318. The van der Waals surface area contributed by atoms with E-state index in [9.17, 15) is 9.90 Å². The molecule has 1 unspecified atom stereocenters. The van der Waals surface area contributed by atoms with Crippen molar-refractivity contribution in [3.8, 4) is 0 Å². The average molecular weight is 299 g/mol. The number of hydrogen-bond donors (Lipinski definition) is 2. The molecule has 2 N–H and O–H groups in total. The number of nitrogens with zero attached hydrogens (tertiary/aromatic N) is 2. The lowest BCUT2D eigenvalue weighted by molar-refractivity contribution is -0.134. The highest BCUT2D eigenvalue weighted by molar-refractivity contribution is 5.76. The van der Waals surface area contributed by atoms with Crippen LogP contribution < -0.4 is 5.32 Å². The van der Waals surface area contributed by atoms with Gasteiger partial charge in [-0.05, 0) is 32.4 Å². The van der Waals surface area contributed by atoms with Crippen LogP contribution in [0, 0.1) is 5.41 Å². The number of carbonyl (C=O) groups excluding carboxylic acids is 1. The van der Waals surface area contributed by atoms with Gasteiger partial charge >= 0.3 is 0 Å². The van der Waals surface area contributed by atoms with Crippen LogP contribution in [0.1, 0.15) is 40.0 Å². The summed E-state index contributed by atoms with van der Waals surface area (Å²) in [5.74, 6) is 0.272. The highest BCUT2D eigenvalue weighted by Gasteiger charge is 2.25. The molecular formula is C16H33N3O2. The van der Waals surface area contributed by atoms with Crippen LogP contribution in [0.4, 0.5) is 0 Å². The van der Waals surface area contributed by atoms with Crippen molar-refractivity contribution in [2.24, 2.45) is 5.41 Å². The van der Waals surface area contributed by atoms with Crippen LogP contribution in [-0.2, 0) is 4.79 Å². The molecule has 1 atom stereocenters. The number of rotatable bonds is 6. The molecule has 0 aliphatic carbocycles. The van der Waals surface area contributed by atoms with Crippen LogP contribution in [0.2, 0.25) is 0 Å². The summed E-state index contributed by atoms with van der Waals surface area (Å²) in [4.78, 5) is 16.1. The molecular weight excluding hydrogens is 266 g/mol. The Morgan fingerprint density at radius 1 is 1.33 bits per heavy atom. The fourth-order valence-electron chi connectivity index (χ4n) is 2.69. The molecule has 0 bridgehead atoms. The van der Waals surface area contributed by atoms with Crippen molar-refractivity contribution in [1.29, 1.82) is 0 Å². The van der Waals surface area contributed by atoms with Crippen LogP contribution >= 0.6 is 0 Å². The summed E-state index contributed by atoms with van der Waals surface area (Å²) in [6, 6.07) is 0.417. The Morgan fingerprint density at radius 3 is 2.38 bits per heavy atom. The lowest BCUT2D eigenvalue weighted by Gasteiger charge is -2.34. The Morgan fingerprint density at radius 2 is 1.90 bits per heavy atom. The fraction of sp³-hybridized carbons (Fsp3) is 0.938. The second-order valence-electron chi connectivity index (χ2n) is 7.72. The first kappa shape index (κ1) is 18.4. The van der Waals surface area contributed by atoms with Crippen LogP contribution in [0.5, 0.6) is 0 Å². The van der Waals surface area contributed by atoms with Crippen molar-refractivity contribution in [2.75, 3.05) is 40.3 Å². The quantitative estimate of drug-likeness (QED) is 0.766. The molecule has 124 valence electrons. The first-order chi connectivity index (χ1) is 9.67. The zero-order valence-corrected chi connectivity index (χ0v) is 14.4. The average Bonchev–Trinajstić information content (AvgIpc) is 2.34. The number of carbonyl (C=O) groups is 1. The van der Waals surface area contributed by atoms with Gasteiger partial charge in [0, 0.05) is 38.6 Å². The maximum atomic E-state index is 12.2. The lowest BCUT2D eigenvalue weighted by Crippen LogP contribution is -2.47. The first-order valence-electron chi connectivity index (χ1n) is 8.01. The van der Waals surface area contributed by atoms with Gasteiger partial charge in [0.05, 0.1) is 6.10 Å². The number of amides is 1. The Kier molecular flexibility index (Phi) is 7.10. The minimum atomic E-state index is -0.333. The van der Waals surface area contributed by atoms with E-state index < -0.39 is 0 Å². The summed E-state index contributed by atoms with van der Waals surface area (Å²) in [6.45, 7) is 9.27. The number of likely N-dealkylation sites (tertiary alicyclic amines) is 1. The number of hydrogen-bond acceptors (Lipinski definition) is 4. The molecule has 0 saturated carbocycles. The van der Waals surface area contributed by atoms with E-state index in [-0.39, 0.29) is 17.4 Å². The van der Waals surface area contributed by atoms with Crippen molar-refractivity contribution in [1.82, 2.24) is 15.1 Å². The summed E-state index contributed by atoms with van der Waals surface area (Å²) in [6.07, 6.45) is 2.24. The highest BCUT2D eigenvalue weighted by Crippen LogP contribution is 2.21. The molecule has 0 aromatic rings. The van der Waals surface area contributed by atoms with Gasteiger partial charge in [-0.3, -0.25) is 4.79 Å². The van der Waals surface area contributed by atoms with E-state index >= 15 is 0 Å². The zero-order chi connectivity index (χ0) is 16.0. The van der Waals surface area contributed by atoms with Crippen molar-refractivity contribution < 1.29 is 9.90 Å².